The summed E-state index contributed by atoms with van der Waals surface area (Å²) in [7, 11) is -3.78. The molecule has 19 heavy (non-hydrogen) atoms. The summed E-state index contributed by atoms with van der Waals surface area (Å²) >= 11 is 1.70. The van der Waals surface area contributed by atoms with Crippen molar-refractivity contribution in [3.63, 3.8) is 0 Å². The molecule has 1 aromatic rings. The third-order valence-corrected chi connectivity index (χ3v) is 5.86. The van der Waals surface area contributed by atoms with Crippen LogP contribution in [0, 0.1) is 10.1 Å². The third kappa shape index (κ3) is 3.07. The molecule has 0 amide bonds. The first-order valence-electron chi connectivity index (χ1n) is 5.85. The standard InChI is InChI=1S/C11H14N2O4S2/c14-13(15)10-4-1-2-5-11(10)19(16,17)12-6-3-8-18-9-7-12/h1-2,4-5H,3,6-9H2. The van der Waals surface area contributed by atoms with Crippen molar-refractivity contribution in [1.82, 2.24) is 4.31 Å². The van der Waals surface area contributed by atoms with Gasteiger partial charge in [-0.25, -0.2) is 8.42 Å². The number of benzene rings is 1. The van der Waals surface area contributed by atoms with Gasteiger partial charge < -0.3 is 0 Å². The van der Waals surface area contributed by atoms with Gasteiger partial charge >= 0.3 is 0 Å². The minimum absolute atomic E-state index is 0.216. The predicted octanol–water partition coefficient (Wildman–Crippen LogP) is 1.72. The van der Waals surface area contributed by atoms with E-state index in [1.165, 1.54) is 28.6 Å². The van der Waals surface area contributed by atoms with E-state index in [9.17, 15) is 18.5 Å². The molecular formula is C11H14N2O4S2. The third-order valence-electron chi connectivity index (χ3n) is 2.86. The molecule has 8 heteroatoms. The summed E-state index contributed by atoms with van der Waals surface area (Å²) in [5, 5.41) is 10.9. The van der Waals surface area contributed by atoms with Crippen LogP contribution in [0.5, 0.6) is 0 Å². The number of thioether (sulfide) groups is 1. The number of nitro groups is 1. The lowest BCUT2D eigenvalue weighted by Crippen LogP contribution is -2.33. The van der Waals surface area contributed by atoms with E-state index in [1.54, 1.807) is 11.8 Å². The van der Waals surface area contributed by atoms with Crippen LogP contribution in [0.15, 0.2) is 29.2 Å². The fourth-order valence-corrected chi connectivity index (χ4v) is 4.57. The van der Waals surface area contributed by atoms with Crippen LogP contribution >= 0.6 is 11.8 Å². The molecule has 0 radical (unpaired) electrons. The normalized spacial score (nSPS) is 17.9. The van der Waals surface area contributed by atoms with Crippen LogP contribution in [0.3, 0.4) is 0 Å². The number of para-hydroxylation sites is 1. The summed E-state index contributed by atoms with van der Waals surface area (Å²) in [4.78, 5) is 10.1. The Morgan fingerprint density at radius 1 is 1.21 bits per heavy atom. The van der Waals surface area contributed by atoms with Gasteiger partial charge in [-0.15, -0.1) is 0 Å². The zero-order valence-corrected chi connectivity index (χ0v) is 11.8. The van der Waals surface area contributed by atoms with Gasteiger partial charge in [0.1, 0.15) is 0 Å². The van der Waals surface area contributed by atoms with E-state index in [1.807, 2.05) is 0 Å². The lowest BCUT2D eigenvalue weighted by atomic mass is 10.3. The summed E-state index contributed by atoms with van der Waals surface area (Å²) in [5.41, 5.74) is -0.362. The second kappa shape index (κ2) is 5.89. The van der Waals surface area contributed by atoms with E-state index < -0.39 is 14.9 Å². The van der Waals surface area contributed by atoms with Gasteiger partial charge in [0.2, 0.25) is 10.0 Å². The summed E-state index contributed by atoms with van der Waals surface area (Å²) < 4.78 is 26.3. The molecule has 1 saturated heterocycles. The molecular weight excluding hydrogens is 288 g/mol. The maximum atomic E-state index is 12.5. The van der Waals surface area contributed by atoms with Crippen molar-refractivity contribution < 1.29 is 13.3 Å². The summed E-state index contributed by atoms with van der Waals surface area (Å²) in [5.74, 6) is 1.64. The van der Waals surface area contributed by atoms with Crippen molar-refractivity contribution in [2.24, 2.45) is 0 Å². The first-order valence-corrected chi connectivity index (χ1v) is 8.44. The maximum Gasteiger partial charge on any atom is 0.289 e. The Balaban J connectivity index is 2.41. The van der Waals surface area contributed by atoms with Crippen LogP contribution in [-0.4, -0.2) is 42.2 Å². The molecule has 6 nitrogen and oxygen atoms in total. The molecule has 1 aromatic carbocycles. The van der Waals surface area contributed by atoms with Gasteiger partial charge in [0.05, 0.1) is 4.92 Å². The van der Waals surface area contributed by atoms with E-state index in [0.29, 0.717) is 13.1 Å². The Hall–Kier alpha value is -1.12. The summed E-state index contributed by atoms with van der Waals surface area (Å²) in [6.07, 6.45) is 0.768. The first-order chi connectivity index (χ1) is 9.03. The van der Waals surface area contributed by atoms with Crippen LogP contribution in [0.2, 0.25) is 0 Å². The van der Waals surface area contributed by atoms with Crippen molar-refractivity contribution in [2.45, 2.75) is 11.3 Å². The van der Waals surface area contributed by atoms with E-state index in [0.717, 1.165) is 17.9 Å². The second-order valence-electron chi connectivity index (χ2n) is 4.09. The van der Waals surface area contributed by atoms with Gasteiger partial charge in [0.15, 0.2) is 4.90 Å². The zero-order valence-electron chi connectivity index (χ0n) is 10.2. The molecule has 0 bridgehead atoms. The zero-order chi connectivity index (χ0) is 13.9. The minimum atomic E-state index is -3.78. The summed E-state index contributed by atoms with van der Waals surface area (Å²) in [6.45, 7) is 0.820. The van der Waals surface area contributed by atoms with Crippen molar-refractivity contribution >= 4 is 27.5 Å². The SMILES string of the molecule is O=[N+]([O-])c1ccccc1S(=O)(=O)N1CCCSCC1. The number of sulfonamides is 1. The number of hydrogen-bond donors (Lipinski definition) is 0. The molecule has 2 rings (SSSR count). The van der Waals surface area contributed by atoms with E-state index in [2.05, 4.69) is 0 Å². The number of rotatable bonds is 3. The van der Waals surface area contributed by atoms with Crippen molar-refractivity contribution in [3.8, 4) is 0 Å². The maximum absolute atomic E-state index is 12.5. The molecule has 0 atom stereocenters. The van der Waals surface area contributed by atoms with Crippen molar-refractivity contribution in [2.75, 3.05) is 24.6 Å². The molecule has 0 aromatic heterocycles. The van der Waals surface area contributed by atoms with Gasteiger partial charge in [0, 0.05) is 24.9 Å². The average Bonchev–Trinajstić information content (AvgIpc) is 2.68. The molecule has 0 N–H and O–H groups in total. The minimum Gasteiger partial charge on any atom is -0.258 e. The van der Waals surface area contributed by atoms with Gasteiger partial charge in [-0.1, -0.05) is 12.1 Å². The number of nitro benzene ring substituents is 1. The van der Waals surface area contributed by atoms with Gasteiger partial charge in [-0.2, -0.15) is 16.1 Å². The topological polar surface area (TPSA) is 80.5 Å². The van der Waals surface area contributed by atoms with Crippen LogP contribution in [0.1, 0.15) is 6.42 Å². The predicted molar refractivity (Wildman–Crippen MR) is 73.8 cm³/mol. The molecule has 104 valence electrons. The summed E-state index contributed by atoms with van der Waals surface area (Å²) in [6, 6.07) is 5.49. The molecule has 0 spiro atoms. The Kier molecular flexibility index (Phi) is 4.43. The van der Waals surface area contributed by atoms with E-state index in [4.69, 9.17) is 0 Å². The molecule has 1 heterocycles. The quantitative estimate of drug-likeness (QED) is 0.627. The lowest BCUT2D eigenvalue weighted by molar-refractivity contribution is -0.387. The molecule has 0 saturated carbocycles. The molecule has 1 fully saturated rings. The van der Waals surface area contributed by atoms with Gasteiger partial charge in [-0.3, -0.25) is 10.1 Å². The van der Waals surface area contributed by atoms with Crippen molar-refractivity contribution in [3.05, 3.63) is 34.4 Å². The Labute approximate surface area is 116 Å². The monoisotopic (exact) mass is 302 g/mol. The first kappa shape index (κ1) is 14.3. The van der Waals surface area contributed by atoms with Crippen LogP contribution in [0.4, 0.5) is 5.69 Å². The highest BCUT2D eigenvalue weighted by molar-refractivity contribution is 7.99. The van der Waals surface area contributed by atoms with Crippen LogP contribution < -0.4 is 0 Å². The fraction of sp³-hybridized carbons (Fsp3) is 0.455. The highest BCUT2D eigenvalue weighted by atomic mass is 32.2. The molecule has 1 aliphatic heterocycles. The number of nitrogens with zero attached hydrogens (tertiary/aromatic N) is 2. The van der Waals surface area contributed by atoms with Crippen LogP contribution in [0.25, 0.3) is 0 Å². The fourth-order valence-electron chi connectivity index (χ4n) is 1.93. The van der Waals surface area contributed by atoms with Crippen LogP contribution in [-0.2, 0) is 10.0 Å². The molecule has 0 unspecified atom stereocenters. The van der Waals surface area contributed by atoms with Gasteiger partial charge in [-0.05, 0) is 18.2 Å². The molecule has 0 aliphatic carbocycles. The van der Waals surface area contributed by atoms with E-state index >= 15 is 0 Å². The smallest absolute Gasteiger partial charge is 0.258 e. The molecule has 1 aliphatic rings. The number of hydrogen-bond acceptors (Lipinski definition) is 5. The Morgan fingerprint density at radius 2 is 1.95 bits per heavy atom. The highest BCUT2D eigenvalue weighted by Gasteiger charge is 2.31. The van der Waals surface area contributed by atoms with Crippen molar-refractivity contribution in [1.29, 1.82) is 0 Å². The lowest BCUT2D eigenvalue weighted by Gasteiger charge is -2.19. The largest absolute Gasteiger partial charge is 0.289 e. The average molecular weight is 302 g/mol. The Morgan fingerprint density at radius 3 is 2.68 bits per heavy atom. The van der Waals surface area contributed by atoms with Gasteiger partial charge in [0.25, 0.3) is 5.69 Å². The highest BCUT2D eigenvalue weighted by Crippen LogP contribution is 2.27. The second-order valence-corrected chi connectivity index (χ2v) is 7.23. The van der Waals surface area contributed by atoms with E-state index in [-0.39, 0.29) is 10.6 Å². The Bertz CT molecular complexity index is 566.